The maximum absolute atomic E-state index is 11.4. The van der Waals surface area contributed by atoms with E-state index >= 15 is 0 Å². The minimum Gasteiger partial charge on any atom is -0.326 e. The third-order valence-electron chi connectivity index (χ3n) is 3.22. The summed E-state index contributed by atoms with van der Waals surface area (Å²) in [6.45, 7) is 0. The summed E-state index contributed by atoms with van der Waals surface area (Å²) in [6.07, 6.45) is 0.463. The number of rotatable bonds is 2. The zero-order valence-corrected chi connectivity index (χ0v) is 15.0. The number of alkyl halides is 1. The number of hydrogen-bond acceptors (Lipinski definition) is 1. The molecule has 5 heteroatoms. The van der Waals surface area contributed by atoms with Crippen molar-refractivity contribution in [3.8, 4) is 0 Å². The molecule has 20 heavy (non-hydrogen) atoms. The zero-order valence-electron chi connectivity index (χ0n) is 10.3. The summed E-state index contributed by atoms with van der Waals surface area (Å²) in [4.78, 5) is 11.5. The molecule has 0 spiro atoms. The van der Waals surface area contributed by atoms with Crippen molar-refractivity contribution in [2.45, 2.75) is 11.2 Å². The molecule has 0 radical (unpaired) electrons. The third kappa shape index (κ3) is 2.85. The second kappa shape index (κ2) is 5.62. The number of fused-ring (bicyclic) bond motifs is 1. The topological polar surface area (TPSA) is 29.1 Å². The quantitative estimate of drug-likeness (QED) is 0.615. The first kappa shape index (κ1) is 14.3. The number of nitrogens with one attached hydrogen (secondary N) is 1. The minimum absolute atomic E-state index is 0.0634. The van der Waals surface area contributed by atoms with Gasteiger partial charge in [0.05, 0.1) is 11.2 Å². The molecule has 0 bridgehead atoms. The Morgan fingerprint density at radius 1 is 1.00 bits per heavy atom. The van der Waals surface area contributed by atoms with Gasteiger partial charge < -0.3 is 5.32 Å². The first-order chi connectivity index (χ1) is 9.52. The van der Waals surface area contributed by atoms with Crippen molar-refractivity contribution in [1.29, 1.82) is 0 Å². The maximum atomic E-state index is 11.4. The van der Waals surface area contributed by atoms with Crippen molar-refractivity contribution in [3.63, 3.8) is 0 Å². The van der Waals surface area contributed by atoms with E-state index in [1.165, 1.54) is 0 Å². The van der Waals surface area contributed by atoms with Crippen molar-refractivity contribution < 1.29 is 4.79 Å². The van der Waals surface area contributed by atoms with Crippen LogP contribution in [0.2, 0.25) is 0 Å². The molecule has 1 atom stereocenters. The molecule has 1 amide bonds. The van der Waals surface area contributed by atoms with Crippen LogP contribution >= 0.6 is 47.8 Å². The molecule has 0 aromatic heterocycles. The molecular formula is C15H10Br3NO. The van der Waals surface area contributed by atoms with Crippen molar-refractivity contribution in [2.75, 3.05) is 5.32 Å². The van der Waals surface area contributed by atoms with Crippen LogP contribution in [0, 0.1) is 0 Å². The molecule has 102 valence electrons. The Morgan fingerprint density at radius 3 is 2.40 bits per heavy atom. The largest absolute Gasteiger partial charge is 0.326 e. The van der Waals surface area contributed by atoms with Crippen LogP contribution in [0.15, 0.2) is 45.3 Å². The Hall–Kier alpha value is -0.650. The normalized spacial score (nSPS) is 14.8. The van der Waals surface area contributed by atoms with Gasteiger partial charge in [-0.05, 0) is 41.0 Å². The van der Waals surface area contributed by atoms with Crippen LogP contribution in [-0.2, 0) is 11.2 Å². The molecule has 1 N–H and O–H groups in total. The molecule has 1 aliphatic heterocycles. The molecule has 2 aromatic rings. The smallest absolute Gasteiger partial charge is 0.228 e. The number of hydrogen-bond donors (Lipinski definition) is 1. The van der Waals surface area contributed by atoms with Crippen LogP contribution in [0.4, 0.5) is 5.69 Å². The number of carbonyl (C=O) groups excluding carboxylic acids is 1. The monoisotopic (exact) mass is 457 g/mol. The van der Waals surface area contributed by atoms with Gasteiger partial charge >= 0.3 is 0 Å². The Bertz CT molecular complexity index is 679. The fraction of sp³-hybridized carbons (Fsp3) is 0.133. The van der Waals surface area contributed by atoms with E-state index < -0.39 is 0 Å². The highest BCUT2D eigenvalue weighted by Crippen LogP contribution is 2.36. The molecule has 0 saturated heterocycles. The first-order valence-electron chi connectivity index (χ1n) is 6.05. The van der Waals surface area contributed by atoms with Crippen LogP contribution in [0.3, 0.4) is 0 Å². The van der Waals surface area contributed by atoms with Crippen molar-refractivity contribution >= 4 is 59.4 Å². The van der Waals surface area contributed by atoms with Crippen LogP contribution in [-0.4, -0.2) is 5.91 Å². The minimum atomic E-state index is 0.0634. The van der Waals surface area contributed by atoms with Gasteiger partial charge in [-0.1, -0.05) is 59.9 Å². The van der Waals surface area contributed by atoms with Crippen molar-refractivity contribution in [3.05, 3.63) is 62.0 Å². The van der Waals surface area contributed by atoms with Crippen LogP contribution in [0.5, 0.6) is 0 Å². The summed E-state index contributed by atoms with van der Waals surface area (Å²) >= 11 is 10.8. The predicted octanol–water partition coefficient (Wildman–Crippen LogP) is 5.19. The van der Waals surface area contributed by atoms with Gasteiger partial charge in [0, 0.05) is 14.6 Å². The molecule has 0 aliphatic carbocycles. The SMILES string of the molecule is O=C1Cc2cc(C(Br)c3cc(Br)cc(Br)c3)ccc2N1. The third-order valence-corrected chi connectivity index (χ3v) is 5.20. The molecule has 2 aromatic carbocycles. The Labute approximate surface area is 142 Å². The number of carbonyl (C=O) groups is 1. The highest BCUT2D eigenvalue weighted by molar-refractivity contribution is 9.11. The van der Waals surface area contributed by atoms with E-state index in [1.54, 1.807) is 0 Å². The van der Waals surface area contributed by atoms with E-state index in [0.717, 1.165) is 31.3 Å². The number of amides is 1. The predicted molar refractivity (Wildman–Crippen MR) is 91.4 cm³/mol. The summed E-state index contributed by atoms with van der Waals surface area (Å²) < 4.78 is 2.06. The van der Waals surface area contributed by atoms with Gasteiger partial charge in [-0.25, -0.2) is 0 Å². The molecule has 2 nitrogen and oxygen atoms in total. The van der Waals surface area contributed by atoms with E-state index in [-0.39, 0.29) is 10.7 Å². The first-order valence-corrected chi connectivity index (χ1v) is 8.56. The summed E-state index contributed by atoms with van der Waals surface area (Å²) in [5, 5.41) is 2.85. The molecular weight excluding hydrogens is 450 g/mol. The summed E-state index contributed by atoms with van der Waals surface area (Å²) in [7, 11) is 0. The Balaban J connectivity index is 1.97. The Morgan fingerprint density at radius 2 is 1.70 bits per heavy atom. The van der Waals surface area contributed by atoms with E-state index in [4.69, 9.17) is 0 Å². The van der Waals surface area contributed by atoms with Crippen molar-refractivity contribution in [2.24, 2.45) is 0 Å². The fourth-order valence-electron chi connectivity index (χ4n) is 2.32. The second-order valence-electron chi connectivity index (χ2n) is 4.71. The second-order valence-corrected chi connectivity index (χ2v) is 7.45. The van der Waals surface area contributed by atoms with E-state index in [1.807, 2.05) is 18.2 Å². The highest BCUT2D eigenvalue weighted by Gasteiger charge is 2.20. The lowest BCUT2D eigenvalue weighted by atomic mass is 10.0. The van der Waals surface area contributed by atoms with Gasteiger partial charge in [-0.2, -0.15) is 0 Å². The van der Waals surface area contributed by atoms with Gasteiger partial charge in [0.2, 0.25) is 5.91 Å². The van der Waals surface area contributed by atoms with Gasteiger partial charge in [-0.3, -0.25) is 4.79 Å². The summed E-state index contributed by atoms with van der Waals surface area (Å²) in [5.74, 6) is 0.0634. The fourth-order valence-corrected chi connectivity index (χ4v) is 4.20. The van der Waals surface area contributed by atoms with Gasteiger partial charge in [0.15, 0.2) is 0 Å². The molecule has 3 rings (SSSR count). The average molecular weight is 460 g/mol. The van der Waals surface area contributed by atoms with Crippen molar-refractivity contribution in [1.82, 2.24) is 0 Å². The summed E-state index contributed by atoms with van der Waals surface area (Å²) in [5.41, 5.74) is 4.29. The lowest BCUT2D eigenvalue weighted by Crippen LogP contribution is -2.03. The molecule has 0 fully saturated rings. The number of anilines is 1. The van der Waals surface area contributed by atoms with Crippen LogP contribution in [0.25, 0.3) is 0 Å². The van der Waals surface area contributed by atoms with E-state index in [9.17, 15) is 4.79 Å². The zero-order chi connectivity index (χ0) is 14.3. The highest BCUT2D eigenvalue weighted by atomic mass is 79.9. The van der Waals surface area contributed by atoms with Gasteiger partial charge in [0.1, 0.15) is 0 Å². The van der Waals surface area contributed by atoms with E-state index in [2.05, 4.69) is 71.3 Å². The standard InChI is InChI=1S/C15H10Br3NO/c16-11-4-10(5-12(17)7-11)15(18)8-1-2-13-9(3-8)6-14(20)19-13/h1-5,7,15H,6H2,(H,19,20). The number of halogens is 3. The van der Waals surface area contributed by atoms with Crippen LogP contribution < -0.4 is 5.32 Å². The molecule has 1 aliphatic rings. The number of benzene rings is 2. The average Bonchev–Trinajstić information content (AvgIpc) is 2.75. The molecule has 1 heterocycles. The molecule has 0 saturated carbocycles. The molecule has 1 unspecified atom stereocenters. The van der Waals surface area contributed by atoms with Gasteiger partial charge in [-0.15, -0.1) is 0 Å². The lowest BCUT2D eigenvalue weighted by Gasteiger charge is -2.13. The Kier molecular flexibility index (Phi) is 4.02. The maximum Gasteiger partial charge on any atom is 0.228 e. The van der Waals surface area contributed by atoms with Gasteiger partial charge in [0.25, 0.3) is 0 Å². The lowest BCUT2D eigenvalue weighted by molar-refractivity contribution is -0.115. The summed E-state index contributed by atoms with van der Waals surface area (Å²) in [6, 6.07) is 12.3. The van der Waals surface area contributed by atoms with E-state index in [0.29, 0.717) is 6.42 Å². The van der Waals surface area contributed by atoms with Crippen LogP contribution in [0.1, 0.15) is 21.5 Å².